The first-order valence-electron chi connectivity index (χ1n) is 11.8. The van der Waals surface area contributed by atoms with Crippen molar-refractivity contribution >= 4 is 11.8 Å². The lowest BCUT2D eigenvalue weighted by atomic mass is 9.89. The molecule has 1 fully saturated rings. The SMILES string of the molecule is COc1cc2c(cc1OC)C1=NOC(CN3CCC([N+]4=c5ccccc5=CC4)CC3)C1CO2. The van der Waals surface area contributed by atoms with Crippen molar-refractivity contribution in [2.24, 2.45) is 11.1 Å². The Balaban J connectivity index is 1.12. The number of fused-ring (bicyclic) bond motifs is 4. The molecule has 7 heteroatoms. The lowest BCUT2D eigenvalue weighted by Crippen LogP contribution is -2.49. The minimum Gasteiger partial charge on any atom is -0.493 e. The van der Waals surface area contributed by atoms with Crippen LogP contribution in [0.15, 0.2) is 41.6 Å². The predicted octanol–water partition coefficient (Wildman–Crippen LogP) is 1.27. The Bertz CT molecular complexity index is 1220. The lowest BCUT2D eigenvalue weighted by molar-refractivity contribution is 0.0148. The smallest absolute Gasteiger partial charge is 0.207 e. The van der Waals surface area contributed by atoms with Gasteiger partial charge in [-0.1, -0.05) is 17.3 Å². The minimum absolute atomic E-state index is 0.0126. The van der Waals surface area contributed by atoms with Gasteiger partial charge in [-0.05, 0) is 18.2 Å². The molecule has 0 N–H and O–H groups in total. The number of hydrogen-bond acceptors (Lipinski definition) is 6. The first-order valence-corrected chi connectivity index (χ1v) is 11.8. The number of rotatable bonds is 5. The van der Waals surface area contributed by atoms with E-state index in [0.29, 0.717) is 24.1 Å². The molecule has 172 valence electrons. The molecular formula is C26H30N3O4+. The van der Waals surface area contributed by atoms with Gasteiger partial charge in [0, 0.05) is 55.4 Å². The van der Waals surface area contributed by atoms with E-state index in [9.17, 15) is 0 Å². The van der Waals surface area contributed by atoms with Gasteiger partial charge >= 0.3 is 0 Å². The zero-order chi connectivity index (χ0) is 22.4. The molecule has 4 aliphatic heterocycles. The average molecular weight is 449 g/mol. The monoisotopic (exact) mass is 448 g/mol. The molecule has 4 aliphatic rings. The molecule has 2 unspecified atom stereocenters. The largest absolute Gasteiger partial charge is 0.493 e. The molecule has 1 saturated heterocycles. The third-order valence-electron chi connectivity index (χ3n) is 7.46. The molecule has 0 bridgehead atoms. The fourth-order valence-electron chi connectivity index (χ4n) is 5.63. The van der Waals surface area contributed by atoms with E-state index < -0.39 is 0 Å². The number of nitrogens with zero attached hydrogens (tertiary/aromatic N) is 3. The molecule has 33 heavy (non-hydrogen) atoms. The molecule has 2 aromatic rings. The van der Waals surface area contributed by atoms with E-state index in [1.165, 1.54) is 23.4 Å². The van der Waals surface area contributed by atoms with Crippen LogP contribution in [0.4, 0.5) is 0 Å². The van der Waals surface area contributed by atoms with Crippen LogP contribution in [0.2, 0.25) is 0 Å². The van der Waals surface area contributed by atoms with Crippen LogP contribution < -0.4 is 29.4 Å². The standard InChI is InChI=1S/C26H30N3O4/c1-30-23-13-19-22(14-24(23)31-2)32-16-20-25(33-27-26(19)20)15-28-10-8-18(9-11-28)29-12-7-17-5-3-4-6-21(17)29/h3-7,13-14,18,20,25H,8-12,15-16H2,1-2H3/q+1. The van der Waals surface area contributed by atoms with Crippen LogP contribution in [0.3, 0.4) is 0 Å². The van der Waals surface area contributed by atoms with Gasteiger partial charge in [-0.15, -0.1) is 0 Å². The zero-order valence-electron chi connectivity index (χ0n) is 19.2. The van der Waals surface area contributed by atoms with E-state index in [0.717, 1.165) is 43.2 Å². The third-order valence-corrected chi connectivity index (χ3v) is 7.46. The number of hydrogen-bond donors (Lipinski definition) is 0. The van der Waals surface area contributed by atoms with Gasteiger partial charge in [-0.25, -0.2) is 4.58 Å². The zero-order valence-corrected chi connectivity index (χ0v) is 19.2. The summed E-state index contributed by atoms with van der Waals surface area (Å²) in [7, 11) is 3.27. The Morgan fingerprint density at radius 3 is 2.70 bits per heavy atom. The van der Waals surface area contributed by atoms with E-state index in [2.05, 4.69) is 45.0 Å². The summed E-state index contributed by atoms with van der Waals surface area (Å²) in [6, 6.07) is 13.2. The van der Waals surface area contributed by atoms with Crippen molar-refractivity contribution in [3.63, 3.8) is 0 Å². The summed E-state index contributed by atoms with van der Waals surface area (Å²) in [5, 5.41) is 7.24. The summed E-state index contributed by atoms with van der Waals surface area (Å²) in [6.45, 7) is 4.63. The molecule has 0 amide bonds. The molecule has 0 aliphatic carbocycles. The number of likely N-dealkylation sites (tertiary alicyclic amines) is 1. The highest BCUT2D eigenvalue weighted by Crippen LogP contribution is 2.41. The van der Waals surface area contributed by atoms with Gasteiger partial charge in [0.25, 0.3) is 0 Å². The second kappa shape index (κ2) is 8.37. The van der Waals surface area contributed by atoms with Crippen molar-refractivity contribution in [1.82, 2.24) is 9.48 Å². The second-order valence-electron chi connectivity index (χ2n) is 9.19. The van der Waals surface area contributed by atoms with Crippen molar-refractivity contribution in [3.05, 3.63) is 52.5 Å². The molecule has 4 heterocycles. The van der Waals surface area contributed by atoms with Gasteiger partial charge in [0.05, 0.1) is 20.1 Å². The highest BCUT2D eigenvalue weighted by molar-refractivity contribution is 6.06. The molecule has 2 aromatic carbocycles. The van der Waals surface area contributed by atoms with Gasteiger partial charge in [-0.3, -0.25) is 4.90 Å². The molecule has 0 saturated carbocycles. The van der Waals surface area contributed by atoms with Gasteiger partial charge < -0.3 is 19.0 Å². The van der Waals surface area contributed by atoms with E-state index >= 15 is 0 Å². The van der Waals surface area contributed by atoms with Crippen molar-refractivity contribution in [3.8, 4) is 17.2 Å². The molecule has 7 nitrogen and oxygen atoms in total. The van der Waals surface area contributed by atoms with Crippen LogP contribution in [0.5, 0.6) is 17.2 Å². The summed E-state index contributed by atoms with van der Waals surface area (Å²) in [5.41, 5.74) is 1.90. The van der Waals surface area contributed by atoms with Gasteiger partial charge in [0.15, 0.2) is 30.2 Å². The van der Waals surface area contributed by atoms with Crippen molar-refractivity contribution in [2.75, 3.05) is 47.0 Å². The van der Waals surface area contributed by atoms with Crippen LogP contribution >= 0.6 is 0 Å². The number of para-hydroxylation sites is 1. The fraction of sp³-hybridized carbons (Fsp3) is 0.462. The Morgan fingerprint density at radius 1 is 1.09 bits per heavy atom. The number of oxime groups is 1. The molecule has 0 spiro atoms. The minimum atomic E-state index is 0.0126. The molecule has 0 aromatic heterocycles. The van der Waals surface area contributed by atoms with Crippen molar-refractivity contribution in [1.29, 1.82) is 0 Å². The quantitative estimate of drug-likeness (QED) is 0.645. The van der Waals surface area contributed by atoms with E-state index in [-0.39, 0.29) is 12.0 Å². The van der Waals surface area contributed by atoms with E-state index in [4.69, 9.17) is 19.0 Å². The summed E-state index contributed by atoms with van der Waals surface area (Å²) < 4.78 is 19.6. The number of benzene rings is 2. The number of piperidine rings is 1. The first kappa shape index (κ1) is 20.5. The second-order valence-corrected chi connectivity index (χ2v) is 9.19. The number of ether oxygens (including phenoxy) is 3. The van der Waals surface area contributed by atoms with Gasteiger partial charge in [-0.2, -0.15) is 0 Å². The van der Waals surface area contributed by atoms with Crippen LogP contribution in [0, 0.1) is 5.92 Å². The van der Waals surface area contributed by atoms with Crippen molar-refractivity contribution in [2.45, 2.75) is 25.0 Å². The Labute approximate surface area is 193 Å². The summed E-state index contributed by atoms with van der Waals surface area (Å²) >= 11 is 0. The molecular weight excluding hydrogens is 418 g/mol. The van der Waals surface area contributed by atoms with Gasteiger partial charge in [0.2, 0.25) is 5.36 Å². The predicted molar refractivity (Wildman–Crippen MR) is 126 cm³/mol. The maximum Gasteiger partial charge on any atom is 0.207 e. The maximum absolute atomic E-state index is 6.09. The summed E-state index contributed by atoms with van der Waals surface area (Å²) in [4.78, 5) is 8.46. The molecule has 2 atom stereocenters. The highest BCUT2D eigenvalue weighted by Gasteiger charge is 2.42. The van der Waals surface area contributed by atoms with Crippen LogP contribution in [0.25, 0.3) is 6.08 Å². The van der Waals surface area contributed by atoms with E-state index in [1.807, 2.05) is 12.1 Å². The molecule has 6 rings (SSSR count). The Kier molecular flexibility index (Phi) is 5.21. The molecule has 0 radical (unpaired) electrons. The van der Waals surface area contributed by atoms with Crippen molar-refractivity contribution < 1.29 is 19.0 Å². The van der Waals surface area contributed by atoms with Gasteiger partial charge in [0.1, 0.15) is 18.1 Å². The number of methoxy groups -OCH3 is 2. The first-order chi connectivity index (χ1) is 16.2. The Hall–Kier alpha value is -3.06. The van der Waals surface area contributed by atoms with Crippen LogP contribution in [0.1, 0.15) is 18.4 Å². The average Bonchev–Trinajstić information content (AvgIpc) is 3.48. The van der Waals surface area contributed by atoms with Crippen LogP contribution in [-0.4, -0.2) is 69.8 Å². The topological polar surface area (TPSA) is 55.5 Å². The van der Waals surface area contributed by atoms with Crippen LogP contribution in [-0.2, 0) is 4.84 Å². The fourth-order valence-corrected chi connectivity index (χ4v) is 5.63. The third kappa shape index (κ3) is 3.55. The summed E-state index contributed by atoms with van der Waals surface area (Å²) in [5.74, 6) is 2.24. The summed E-state index contributed by atoms with van der Waals surface area (Å²) in [6.07, 6.45) is 4.70. The normalized spacial score (nSPS) is 24.1. The van der Waals surface area contributed by atoms with E-state index in [1.54, 1.807) is 14.2 Å². The maximum atomic E-state index is 6.09. The Morgan fingerprint density at radius 2 is 1.88 bits per heavy atom. The lowest BCUT2D eigenvalue weighted by Gasteiger charge is -2.33. The highest BCUT2D eigenvalue weighted by atomic mass is 16.6.